The molecule has 1 fully saturated rings. The maximum absolute atomic E-state index is 12.4. The lowest BCUT2D eigenvalue weighted by Gasteiger charge is -2.22. The second kappa shape index (κ2) is 5.31. The second-order valence-electron chi connectivity index (χ2n) is 5.09. The van der Waals surface area contributed by atoms with Gasteiger partial charge in [0.1, 0.15) is 5.00 Å². The highest BCUT2D eigenvalue weighted by Crippen LogP contribution is 2.44. The van der Waals surface area contributed by atoms with Crippen molar-refractivity contribution in [3.63, 3.8) is 0 Å². The monoisotopic (exact) mass is 373 g/mol. The zero-order valence-corrected chi connectivity index (χ0v) is 14.4. The van der Waals surface area contributed by atoms with Gasteiger partial charge in [0.05, 0.1) is 10.2 Å². The molecule has 1 aliphatic rings. The molecule has 2 aromatic rings. The van der Waals surface area contributed by atoms with Crippen molar-refractivity contribution in [2.24, 2.45) is 5.92 Å². The maximum Gasteiger partial charge on any atom is 0.235 e. The Morgan fingerprint density at radius 2 is 2.05 bits per heavy atom. The molecule has 3 nitrogen and oxygen atoms in total. The van der Waals surface area contributed by atoms with E-state index in [2.05, 4.69) is 15.9 Å². The number of sulfonamides is 1. The molecule has 0 atom stereocenters. The summed E-state index contributed by atoms with van der Waals surface area (Å²) in [5, 5.41) is 1.90. The van der Waals surface area contributed by atoms with Gasteiger partial charge in [-0.3, -0.25) is 4.31 Å². The number of rotatable bonds is 5. The molecule has 6 heteroatoms. The minimum Gasteiger partial charge on any atom is -0.260 e. The summed E-state index contributed by atoms with van der Waals surface area (Å²) < 4.78 is 28.4. The van der Waals surface area contributed by atoms with Crippen molar-refractivity contribution in [3.8, 4) is 0 Å². The van der Waals surface area contributed by atoms with Crippen LogP contribution in [0.1, 0.15) is 19.8 Å². The summed E-state index contributed by atoms with van der Waals surface area (Å²) in [6.07, 6.45) is 2.27. The Morgan fingerprint density at radius 1 is 1.35 bits per heavy atom. The first kappa shape index (κ1) is 14.4. The SMILES string of the molecule is CCS(=O)(=O)N(CC1CC1)c1sc2ccccc2c1Br. The molecule has 0 spiro atoms. The maximum atomic E-state index is 12.4. The molecular formula is C14H16BrNO2S2. The van der Waals surface area contributed by atoms with Crippen LogP contribution in [0.15, 0.2) is 28.7 Å². The lowest BCUT2D eigenvalue weighted by Crippen LogP contribution is -2.33. The molecule has 0 unspecified atom stereocenters. The van der Waals surface area contributed by atoms with Crippen LogP contribution in [-0.2, 0) is 10.0 Å². The summed E-state index contributed by atoms with van der Waals surface area (Å²) in [4.78, 5) is 0. The number of fused-ring (bicyclic) bond motifs is 1. The molecule has 0 radical (unpaired) electrons. The van der Waals surface area contributed by atoms with E-state index in [1.54, 1.807) is 22.6 Å². The van der Waals surface area contributed by atoms with Crippen LogP contribution >= 0.6 is 27.3 Å². The number of nitrogens with zero attached hydrogens (tertiary/aromatic N) is 1. The van der Waals surface area contributed by atoms with Crippen LogP contribution in [0.3, 0.4) is 0 Å². The highest BCUT2D eigenvalue weighted by atomic mass is 79.9. The Balaban J connectivity index is 2.10. The first-order valence-electron chi connectivity index (χ1n) is 6.70. The van der Waals surface area contributed by atoms with Crippen molar-refractivity contribution in [3.05, 3.63) is 28.7 Å². The molecule has 1 heterocycles. The zero-order valence-electron chi connectivity index (χ0n) is 11.2. The molecular weight excluding hydrogens is 358 g/mol. The highest BCUT2D eigenvalue weighted by molar-refractivity contribution is 9.10. The predicted octanol–water partition coefficient (Wildman–Crippen LogP) is 4.23. The minimum atomic E-state index is -3.22. The Morgan fingerprint density at radius 3 is 2.65 bits per heavy atom. The molecule has 0 N–H and O–H groups in total. The van der Waals surface area contributed by atoms with Gasteiger partial charge in [-0.05, 0) is 47.7 Å². The van der Waals surface area contributed by atoms with Crippen LogP contribution in [0.25, 0.3) is 10.1 Å². The number of hydrogen-bond acceptors (Lipinski definition) is 3. The molecule has 108 valence electrons. The fourth-order valence-corrected chi connectivity index (χ4v) is 5.78. The molecule has 3 rings (SSSR count). The van der Waals surface area contributed by atoms with Gasteiger partial charge >= 0.3 is 0 Å². The minimum absolute atomic E-state index is 0.139. The number of thiophene rings is 1. The van der Waals surface area contributed by atoms with Crippen molar-refractivity contribution < 1.29 is 8.42 Å². The summed E-state index contributed by atoms with van der Waals surface area (Å²) in [7, 11) is -3.22. The molecule has 1 saturated carbocycles. The van der Waals surface area contributed by atoms with Gasteiger partial charge < -0.3 is 0 Å². The van der Waals surface area contributed by atoms with Gasteiger partial charge in [0.15, 0.2) is 0 Å². The van der Waals surface area contributed by atoms with E-state index in [-0.39, 0.29) is 5.75 Å². The van der Waals surface area contributed by atoms with E-state index in [0.717, 1.165) is 32.4 Å². The van der Waals surface area contributed by atoms with Crippen LogP contribution in [-0.4, -0.2) is 20.7 Å². The summed E-state index contributed by atoms with van der Waals surface area (Å²) >= 11 is 5.13. The van der Waals surface area contributed by atoms with Crippen LogP contribution in [0.4, 0.5) is 5.00 Å². The van der Waals surface area contributed by atoms with Gasteiger partial charge in [-0.25, -0.2) is 8.42 Å². The summed E-state index contributed by atoms with van der Waals surface area (Å²) in [6.45, 7) is 2.32. The van der Waals surface area contributed by atoms with E-state index in [1.165, 1.54) is 0 Å². The normalized spacial score (nSPS) is 15.7. The molecule has 0 amide bonds. The third-order valence-electron chi connectivity index (χ3n) is 3.57. The van der Waals surface area contributed by atoms with E-state index in [0.29, 0.717) is 12.5 Å². The molecule has 1 aromatic heterocycles. The predicted molar refractivity (Wildman–Crippen MR) is 89.1 cm³/mol. The standard InChI is InChI=1S/C14H16BrNO2S2/c1-2-20(17,18)16(9-10-7-8-10)14-13(15)11-5-3-4-6-12(11)19-14/h3-6,10H,2,7-9H2,1H3. The first-order chi connectivity index (χ1) is 9.53. The zero-order chi connectivity index (χ0) is 14.3. The van der Waals surface area contributed by atoms with Gasteiger partial charge in [-0.2, -0.15) is 0 Å². The van der Waals surface area contributed by atoms with E-state index >= 15 is 0 Å². The van der Waals surface area contributed by atoms with Crippen LogP contribution in [0, 0.1) is 5.92 Å². The Hall–Kier alpha value is -0.590. The molecule has 20 heavy (non-hydrogen) atoms. The Labute approximate surface area is 131 Å². The fourth-order valence-electron chi connectivity index (χ4n) is 2.18. The van der Waals surface area contributed by atoms with E-state index in [9.17, 15) is 8.42 Å². The van der Waals surface area contributed by atoms with Crippen LogP contribution in [0.2, 0.25) is 0 Å². The smallest absolute Gasteiger partial charge is 0.235 e. The second-order valence-corrected chi connectivity index (χ2v) is 9.10. The first-order valence-corrected chi connectivity index (χ1v) is 9.92. The third kappa shape index (κ3) is 2.61. The van der Waals surface area contributed by atoms with Gasteiger partial charge in [0, 0.05) is 16.6 Å². The van der Waals surface area contributed by atoms with Gasteiger partial charge in [-0.15, -0.1) is 11.3 Å². The quantitative estimate of drug-likeness (QED) is 0.786. The molecule has 0 saturated heterocycles. The fraction of sp³-hybridized carbons (Fsp3) is 0.429. The van der Waals surface area contributed by atoms with E-state index in [1.807, 2.05) is 24.3 Å². The Kier molecular flexibility index (Phi) is 3.81. The molecule has 0 bridgehead atoms. The number of anilines is 1. The highest BCUT2D eigenvalue weighted by Gasteiger charge is 2.32. The van der Waals surface area contributed by atoms with Crippen molar-refractivity contribution in [2.45, 2.75) is 19.8 Å². The number of benzene rings is 1. The van der Waals surface area contributed by atoms with Gasteiger partial charge in [0.2, 0.25) is 10.0 Å². The van der Waals surface area contributed by atoms with E-state index < -0.39 is 10.0 Å². The van der Waals surface area contributed by atoms with Gasteiger partial charge in [-0.1, -0.05) is 18.2 Å². The average molecular weight is 374 g/mol. The molecule has 0 aliphatic heterocycles. The number of hydrogen-bond donors (Lipinski definition) is 0. The lowest BCUT2D eigenvalue weighted by molar-refractivity contribution is 0.590. The lowest BCUT2D eigenvalue weighted by atomic mass is 10.3. The topological polar surface area (TPSA) is 37.4 Å². The van der Waals surface area contributed by atoms with E-state index in [4.69, 9.17) is 0 Å². The summed E-state index contributed by atoms with van der Waals surface area (Å²) in [6, 6.07) is 8.01. The Bertz CT molecular complexity index is 735. The largest absolute Gasteiger partial charge is 0.260 e. The third-order valence-corrected chi connectivity index (χ3v) is 7.67. The van der Waals surface area contributed by atoms with Gasteiger partial charge in [0.25, 0.3) is 0 Å². The van der Waals surface area contributed by atoms with Crippen molar-refractivity contribution >= 4 is 52.4 Å². The van der Waals surface area contributed by atoms with Crippen molar-refractivity contribution in [1.82, 2.24) is 0 Å². The molecule has 1 aliphatic carbocycles. The van der Waals surface area contributed by atoms with Crippen LogP contribution in [0.5, 0.6) is 0 Å². The van der Waals surface area contributed by atoms with Crippen LogP contribution < -0.4 is 4.31 Å². The van der Waals surface area contributed by atoms with Crippen molar-refractivity contribution in [1.29, 1.82) is 0 Å². The summed E-state index contributed by atoms with van der Waals surface area (Å²) in [5.74, 6) is 0.661. The summed E-state index contributed by atoms with van der Waals surface area (Å²) in [5.41, 5.74) is 0. The number of halogens is 1. The van der Waals surface area contributed by atoms with Crippen molar-refractivity contribution in [2.75, 3.05) is 16.6 Å². The molecule has 1 aromatic carbocycles. The average Bonchev–Trinajstić information content (AvgIpc) is 3.21.